The molecule has 24 heavy (non-hydrogen) atoms. The molecular formula is C20H33NO3. The third kappa shape index (κ3) is 6.52. The van der Waals surface area contributed by atoms with Crippen molar-refractivity contribution >= 4 is 11.6 Å². The van der Waals surface area contributed by atoms with Crippen LogP contribution in [0.15, 0.2) is 24.3 Å². The second-order valence-corrected chi connectivity index (χ2v) is 6.50. The molecule has 1 aromatic rings. The van der Waals surface area contributed by atoms with E-state index in [0.29, 0.717) is 6.61 Å². The Morgan fingerprint density at radius 3 is 2.38 bits per heavy atom. The lowest BCUT2D eigenvalue weighted by Crippen LogP contribution is -2.43. The Kier molecular flexibility index (Phi) is 8.83. The molecule has 2 atom stereocenters. The second-order valence-electron chi connectivity index (χ2n) is 6.50. The summed E-state index contributed by atoms with van der Waals surface area (Å²) < 4.78 is 11.6. The van der Waals surface area contributed by atoms with Crippen molar-refractivity contribution in [2.75, 3.05) is 11.9 Å². The Hall–Kier alpha value is -1.55. The fraction of sp³-hybridized carbons (Fsp3) is 0.650. The summed E-state index contributed by atoms with van der Waals surface area (Å²) in [6.07, 6.45) is 4.78. The van der Waals surface area contributed by atoms with Gasteiger partial charge < -0.3 is 14.8 Å². The zero-order valence-electron chi connectivity index (χ0n) is 15.9. The maximum atomic E-state index is 12.7. The summed E-state index contributed by atoms with van der Waals surface area (Å²) in [5.41, 5.74) is -0.0166. The maximum Gasteiger partial charge on any atom is 0.256 e. The van der Waals surface area contributed by atoms with Gasteiger partial charge in [-0.25, -0.2) is 0 Å². The van der Waals surface area contributed by atoms with Crippen molar-refractivity contribution in [3.63, 3.8) is 0 Å². The van der Waals surface area contributed by atoms with Gasteiger partial charge in [0, 0.05) is 12.3 Å². The highest BCUT2D eigenvalue weighted by molar-refractivity contribution is 5.97. The van der Waals surface area contributed by atoms with Gasteiger partial charge in [0.2, 0.25) is 0 Å². The minimum absolute atomic E-state index is 0.0833. The zero-order chi connectivity index (χ0) is 18.0. The van der Waals surface area contributed by atoms with Crippen LogP contribution in [0.1, 0.15) is 66.7 Å². The third-order valence-corrected chi connectivity index (χ3v) is 4.14. The number of rotatable bonds is 11. The first-order valence-electron chi connectivity index (χ1n) is 9.17. The number of amides is 1. The van der Waals surface area contributed by atoms with Crippen LogP contribution in [0.25, 0.3) is 0 Å². The van der Waals surface area contributed by atoms with Crippen molar-refractivity contribution < 1.29 is 14.3 Å². The zero-order valence-corrected chi connectivity index (χ0v) is 15.9. The highest BCUT2D eigenvalue weighted by Gasteiger charge is 2.33. The van der Waals surface area contributed by atoms with Crippen LogP contribution in [0.2, 0.25) is 0 Å². The third-order valence-electron chi connectivity index (χ3n) is 4.14. The van der Waals surface area contributed by atoms with Crippen LogP contribution in [0, 0.1) is 0 Å². The predicted octanol–water partition coefficient (Wildman–Crippen LogP) is 5.18. The summed E-state index contributed by atoms with van der Waals surface area (Å²) in [6.45, 7) is 10.8. The molecule has 136 valence electrons. The topological polar surface area (TPSA) is 47.6 Å². The Morgan fingerprint density at radius 1 is 1.17 bits per heavy atom. The molecule has 0 saturated carbocycles. The Labute approximate surface area is 146 Å². The Morgan fingerprint density at radius 2 is 1.83 bits per heavy atom. The number of unbranched alkanes of at least 4 members (excludes halogenated alkanes) is 1. The number of hydrogen-bond donors (Lipinski definition) is 1. The SMILES string of the molecule is CCCC[C@](C)(OCCC)C(=O)Nc1ccc(O[C@H](C)CC)cc1. The van der Waals surface area contributed by atoms with Gasteiger partial charge in [0.25, 0.3) is 5.91 Å². The summed E-state index contributed by atoms with van der Waals surface area (Å²) in [6, 6.07) is 7.52. The standard InChI is InChI=1S/C20H33NO3/c1-6-9-14-20(5,23-15-7-2)19(22)21-17-10-12-18(13-11-17)24-16(4)8-3/h10-13,16H,6-9,14-15H2,1-5H3,(H,21,22)/t16-,20+/m1/s1. The Bertz CT molecular complexity index is 476. The molecule has 1 rings (SSSR count). The highest BCUT2D eigenvalue weighted by atomic mass is 16.5. The number of ether oxygens (including phenoxy) is 2. The predicted molar refractivity (Wildman–Crippen MR) is 99.6 cm³/mol. The largest absolute Gasteiger partial charge is 0.491 e. The lowest BCUT2D eigenvalue weighted by atomic mass is 9.97. The van der Waals surface area contributed by atoms with Crippen molar-refractivity contribution in [2.24, 2.45) is 0 Å². The average Bonchev–Trinajstić information content (AvgIpc) is 2.59. The molecule has 0 aliphatic rings. The van der Waals surface area contributed by atoms with E-state index < -0.39 is 5.60 Å². The first-order valence-corrected chi connectivity index (χ1v) is 9.17. The van der Waals surface area contributed by atoms with Gasteiger partial charge in [-0.3, -0.25) is 4.79 Å². The van der Waals surface area contributed by atoms with Gasteiger partial charge in [-0.1, -0.05) is 33.6 Å². The van der Waals surface area contributed by atoms with E-state index in [2.05, 4.69) is 19.2 Å². The quantitative estimate of drug-likeness (QED) is 0.606. The molecule has 0 radical (unpaired) electrons. The van der Waals surface area contributed by atoms with Crippen molar-refractivity contribution in [3.05, 3.63) is 24.3 Å². The summed E-state index contributed by atoms with van der Waals surface area (Å²) in [5.74, 6) is 0.735. The second kappa shape index (κ2) is 10.3. The molecule has 0 aliphatic carbocycles. The normalized spacial score (nSPS) is 14.7. The van der Waals surface area contributed by atoms with Gasteiger partial charge in [0.1, 0.15) is 11.4 Å². The van der Waals surface area contributed by atoms with Crippen LogP contribution >= 0.6 is 0 Å². The molecule has 1 N–H and O–H groups in total. The van der Waals surface area contributed by atoms with Crippen molar-refractivity contribution in [2.45, 2.75) is 78.4 Å². The van der Waals surface area contributed by atoms with E-state index in [4.69, 9.17) is 9.47 Å². The van der Waals surface area contributed by atoms with Crippen molar-refractivity contribution in [1.29, 1.82) is 0 Å². The van der Waals surface area contributed by atoms with Gasteiger partial charge in [0.05, 0.1) is 6.10 Å². The smallest absolute Gasteiger partial charge is 0.256 e. The van der Waals surface area contributed by atoms with Gasteiger partial charge in [0.15, 0.2) is 0 Å². The number of carbonyl (C=O) groups is 1. The van der Waals surface area contributed by atoms with Crippen LogP contribution in [0.4, 0.5) is 5.69 Å². The lowest BCUT2D eigenvalue weighted by Gasteiger charge is -2.28. The van der Waals surface area contributed by atoms with Gasteiger partial charge in [-0.2, -0.15) is 0 Å². The summed E-state index contributed by atoms with van der Waals surface area (Å²) in [5, 5.41) is 2.98. The fourth-order valence-electron chi connectivity index (χ4n) is 2.29. The highest BCUT2D eigenvalue weighted by Crippen LogP contribution is 2.23. The number of carbonyl (C=O) groups excluding carboxylic acids is 1. The maximum absolute atomic E-state index is 12.7. The van der Waals surface area contributed by atoms with E-state index in [1.165, 1.54) is 0 Å². The number of benzene rings is 1. The van der Waals surface area contributed by atoms with Gasteiger partial charge in [-0.05, 0) is 57.4 Å². The summed E-state index contributed by atoms with van der Waals surface area (Å²) in [7, 11) is 0. The number of anilines is 1. The number of nitrogens with one attached hydrogen (secondary N) is 1. The molecule has 4 heteroatoms. The molecule has 0 aliphatic heterocycles. The van der Waals surface area contributed by atoms with E-state index in [9.17, 15) is 4.79 Å². The minimum Gasteiger partial charge on any atom is -0.491 e. The summed E-state index contributed by atoms with van der Waals surface area (Å²) in [4.78, 5) is 12.7. The fourth-order valence-corrected chi connectivity index (χ4v) is 2.29. The molecule has 0 saturated heterocycles. The molecule has 0 fully saturated rings. The molecule has 1 aromatic carbocycles. The lowest BCUT2D eigenvalue weighted by molar-refractivity contribution is -0.140. The van der Waals surface area contributed by atoms with Gasteiger partial charge >= 0.3 is 0 Å². The first-order chi connectivity index (χ1) is 11.4. The molecular weight excluding hydrogens is 302 g/mol. The van der Waals surface area contributed by atoms with Crippen LogP contribution in [0.5, 0.6) is 5.75 Å². The van der Waals surface area contributed by atoms with Crippen LogP contribution in [-0.2, 0) is 9.53 Å². The van der Waals surface area contributed by atoms with Crippen molar-refractivity contribution in [3.8, 4) is 5.75 Å². The minimum atomic E-state index is -0.780. The van der Waals surface area contributed by atoms with Crippen LogP contribution < -0.4 is 10.1 Å². The van der Waals surface area contributed by atoms with E-state index in [-0.39, 0.29) is 12.0 Å². The van der Waals surface area contributed by atoms with Crippen LogP contribution in [-0.4, -0.2) is 24.2 Å². The number of hydrogen-bond acceptors (Lipinski definition) is 3. The van der Waals surface area contributed by atoms with E-state index in [1.807, 2.05) is 45.0 Å². The monoisotopic (exact) mass is 335 g/mol. The van der Waals surface area contributed by atoms with E-state index >= 15 is 0 Å². The van der Waals surface area contributed by atoms with Crippen LogP contribution in [0.3, 0.4) is 0 Å². The molecule has 0 heterocycles. The first kappa shape index (κ1) is 20.5. The molecule has 4 nitrogen and oxygen atoms in total. The van der Waals surface area contributed by atoms with E-state index in [0.717, 1.165) is 43.5 Å². The molecule has 0 aromatic heterocycles. The Balaban J connectivity index is 2.71. The van der Waals surface area contributed by atoms with Gasteiger partial charge in [-0.15, -0.1) is 0 Å². The average molecular weight is 335 g/mol. The molecule has 1 amide bonds. The van der Waals surface area contributed by atoms with E-state index in [1.54, 1.807) is 0 Å². The molecule has 0 unspecified atom stereocenters. The summed E-state index contributed by atoms with van der Waals surface area (Å²) >= 11 is 0. The molecule has 0 bridgehead atoms. The molecule has 0 spiro atoms. The van der Waals surface area contributed by atoms with Crippen molar-refractivity contribution in [1.82, 2.24) is 0 Å².